The van der Waals surface area contributed by atoms with Crippen molar-refractivity contribution >= 4 is 5.97 Å². The van der Waals surface area contributed by atoms with Crippen molar-refractivity contribution in [1.82, 2.24) is 0 Å². The number of aliphatic hydroxyl groups is 1. The lowest BCUT2D eigenvalue weighted by atomic mass is 9.50. The van der Waals surface area contributed by atoms with Crippen molar-refractivity contribution in [3.63, 3.8) is 0 Å². The van der Waals surface area contributed by atoms with Crippen molar-refractivity contribution in [3.8, 4) is 0 Å². The number of carbonyl (C=O) groups excluding carboxylic acids is 1. The van der Waals surface area contributed by atoms with E-state index >= 15 is 0 Å². The Morgan fingerprint density at radius 2 is 1.67 bits per heavy atom. The van der Waals surface area contributed by atoms with Crippen molar-refractivity contribution in [2.75, 3.05) is 0 Å². The van der Waals surface area contributed by atoms with Gasteiger partial charge < -0.3 is 9.84 Å². The molecule has 4 aliphatic carbocycles. The summed E-state index contributed by atoms with van der Waals surface area (Å²) in [5, 5.41) is 8.91. The minimum Gasteiger partial charge on any atom is -0.515 e. The Morgan fingerprint density at radius 3 is 2.11 bits per heavy atom. The summed E-state index contributed by atoms with van der Waals surface area (Å²) in [5.41, 5.74) is -0.000527. The van der Waals surface area contributed by atoms with Gasteiger partial charge in [0.05, 0.1) is 11.8 Å². The van der Waals surface area contributed by atoms with Crippen LogP contribution in [0.15, 0.2) is 11.8 Å². The predicted octanol–water partition coefficient (Wildman–Crippen LogP) is 3.21. The maximum absolute atomic E-state index is 11.9. The summed E-state index contributed by atoms with van der Waals surface area (Å²) >= 11 is 0. The van der Waals surface area contributed by atoms with Crippen LogP contribution in [0.1, 0.15) is 46.0 Å². The Kier molecular flexibility index (Phi) is 2.68. The molecule has 0 amide bonds. The van der Waals surface area contributed by atoms with E-state index in [0.717, 1.165) is 18.1 Å². The molecule has 4 aliphatic rings. The molecular formula is C15H22O3. The highest BCUT2D eigenvalue weighted by molar-refractivity contribution is 5.87. The molecule has 4 rings (SSSR count). The van der Waals surface area contributed by atoms with Gasteiger partial charge in [-0.25, -0.2) is 4.79 Å². The first-order chi connectivity index (χ1) is 8.53. The van der Waals surface area contributed by atoms with E-state index in [0.29, 0.717) is 17.4 Å². The molecule has 0 aromatic carbocycles. The number of carbonyl (C=O) groups is 1. The highest BCUT2D eigenvalue weighted by Gasteiger charge is 2.57. The fourth-order valence-electron chi connectivity index (χ4n) is 4.62. The van der Waals surface area contributed by atoms with Crippen LogP contribution in [0.25, 0.3) is 0 Å². The van der Waals surface area contributed by atoms with E-state index in [1.165, 1.54) is 32.1 Å². The quantitative estimate of drug-likeness (QED) is 0.465. The first-order valence-corrected chi connectivity index (χ1v) is 7.07. The fraction of sp³-hybridized carbons (Fsp3) is 0.800. The van der Waals surface area contributed by atoms with Gasteiger partial charge in [-0.15, -0.1) is 0 Å². The van der Waals surface area contributed by atoms with Crippen LogP contribution in [0.5, 0.6) is 0 Å². The van der Waals surface area contributed by atoms with E-state index in [2.05, 4.69) is 6.92 Å². The van der Waals surface area contributed by atoms with E-state index in [-0.39, 0.29) is 11.6 Å². The lowest BCUT2D eigenvalue weighted by Gasteiger charge is -2.59. The summed E-state index contributed by atoms with van der Waals surface area (Å²) in [6.45, 7) is 3.71. The van der Waals surface area contributed by atoms with E-state index in [1.807, 2.05) is 0 Å². The maximum Gasteiger partial charge on any atom is 0.337 e. The van der Waals surface area contributed by atoms with Crippen LogP contribution >= 0.6 is 0 Å². The van der Waals surface area contributed by atoms with Gasteiger partial charge in [0, 0.05) is 0 Å². The zero-order chi connectivity index (χ0) is 12.9. The van der Waals surface area contributed by atoms with Crippen LogP contribution in [0, 0.1) is 23.7 Å². The molecule has 100 valence electrons. The summed E-state index contributed by atoms with van der Waals surface area (Å²) in [6, 6.07) is 0. The minimum absolute atomic E-state index is 0.296. The lowest BCUT2D eigenvalue weighted by molar-refractivity contribution is -0.199. The topological polar surface area (TPSA) is 46.5 Å². The van der Waals surface area contributed by atoms with Crippen LogP contribution in [0.3, 0.4) is 0 Å². The first kappa shape index (κ1) is 12.1. The standard InChI is InChI=1S/C15H22O3/c1-9(8-16)14(17)18-15(2)12-4-10-3-11(6-12)7-13(15)5-10/h8,10-13,16H,3-7H2,1-2H3. The van der Waals surface area contributed by atoms with Gasteiger partial charge in [-0.1, -0.05) is 0 Å². The summed E-state index contributed by atoms with van der Waals surface area (Å²) in [7, 11) is 0. The third-order valence-corrected chi connectivity index (χ3v) is 5.59. The number of hydrogen-bond donors (Lipinski definition) is 1. The number of esters is 1. The smallest absolute Gasteiger partial charge is 0.337 e. The average Bonchev–Trinajstić information content (AvgIpc) is 2.34. The summed E-state index contributed by atoms with van der Waals surface area (Å²) in [5.74, 6) is 2.45. The highest BCUT2D eigenvalue weighted by Crippen LogP contribution is 2.59. The molecule has 0 unspecified atom stereocenters. The van der Waals surface area contributed by atoms with Crippen LogP contribution in [0.4, 0.5) is 0 Å². The molecule has 18 heavy (non-hydrogen) atoms. The molecule has 0 saturated heterocycles. The molecule has 4 bridgehead atoms. The molecule has 1 N–H and O–H groups in total. The minimum atomic E-state index is -0.354. The molecule has 0 aliphatic heterocycles. The Balaban J connectivity index is 1.80. The van der Waals surface area contributed by atoms with E-state index < -0.39 is 0 Å². The first-order valence-electron chi connectivity index (χ1n) is 7.07. The van der Waals surface area contributed by atoms with Crippen molar-refractivity contribution in [2.24, 2.45) is 23.7 Å². The Labute approximate surface area is 108 Å². The van der Waals surface area contributed by atoms with E-state index in [1.54, 1.807) is 6.92 Å². The molecule has 4 saturated carbocycles. The third kappa shape index (κ3) is 1.67. The molecular weight excluding hydrogens is 228 g/mol. The largest absolute Gasteiger partial charge is 0.515 e. The molecule has 0 spiro atoms. The van der Waals surface area contributed by atoms with E-state index in [4.69, 9.17) is 9.84 Å². The normalized spacial score (nSPS) is 46.2. The predicted molar refractivity (Wildman–Crippen MR) is 67.9 cm³/mol. The Bertz CT molecular complexity index is 369. The van der Waals surface area contributed by atoms with Gasteiger partial charge in [0.1, 0.15) is 5.60 Å². The maximum atomic E-state index is 11.9. The molecule has 0 heterocycles. The summed E-state index contributed by atoms with van der Waals surface area (Å²) < 4.78 is 5.80. The molecule has 0 aromatic rings. The van der Waals surface area contributed by atoms with Gasteiger partial charge in [-0.3, -0.25) is 0 Å². The van der Waals surface area contributed by atoms with Gasteiger partial charge in [0.25, 0.3) is 0 Å². The number of aliphatic hydroxyl groups excluding tert-OH is 1. The Morgan fingerprint density at radius 1 is 1.17 bits per heavy atom. The summed E-state index contributed by atoms with van der Waals surface area (Å²) in [4.78, 5) is 11.9. The van der Waals surface area contributed by atoms with Gasteiger partial charge in [0.2, 0.25) is 0 Å². The SMILES string of the molecule is CC(=CO)C(=O)OC1(C)C2CC3CC(C2)CC1C3. The fourth-order valence-corrected chi connectivity index (χ4v) is 4.62. The van der Waals surface area contributed by atoms with Gasteiger partial charge in [-0.05, 0) is 69.6 Å². The van der Waals surface area contributed by atoms with Crippen LogP contribution < -0.4 is 0 Å². The number of rotatable bonds is 2. The zero-order valence-corrected chi connectivity index (χ0v) is 11.2. The second kappa shape index (κ2) is 4.01. The molecule has 3 nitrogen and oxygen atoms in total. The average molecular weight is 250 g/mol. The third-order valence-electron chi connectivity index (χ3n) is 5.59. The molecule has 4 fully saturated rings. The van der Waals surface area contributed by atoms with Crippen LogP contribution in [0.2, 0.25) is 0 Å². The van der Waals surface area contributed by atoms with E-state index in [9.17, 15) is 4.79 Å². The highest BCUT2D eigenvalue weighted by atomic mass is 16.6. The molecule has 0 atom stereocenters. The number of hydrogen-bond acceptors (Lipinski definition) is 3. The van der Waals surface area contributed by atoms with Gasteiger partial charge in [0.15, 0.2) is 0 Å². The van der Waals surface area contributed by atoms with Gasteiger partial charge >= 0.3 is 5.97 Å². The van der Waals surface area contributed by atoms with Crippen molar-refractivity contribution in [1.29, 1.82) is 0 Å². The van der Waals surface area contributed by atoms with Crippen molar-refractivity contribution in [2.45, 2.75) is 51.6 Å². The Hall–Kier alpha value is -0.990. The van der Waals surface area contributed by atoms with Crippen LogP contribution in [-0.2, 0) is 9.53 Å². The zero-order valence-electron chi connectivity index (χ0n) is 11.2. The van der Waals surface area contributed by atoms with Crippen molar-refractivity contribution in [3.05, 3.63) is 11.8 Å². The molecule has 0 aromatic heterocycles. The second-order valence-corrected chi connectivity index (χ2v) is 6.69. The van der Waals surface area contributed by atoms with Gasteiger partial charge in [-0.2, -0.15) is 0 Å². The summed E-state index contributed by atoms with van der Waals surface area (Å²) in [6.07, 6.45) is 7.13. The second-order valence-electron chi connectivity index (χ2n) is 6.69. The molecule has 0 radical (unpaired) electrons. The van der Waals surface area contributed by atoms with Crippen molar-refractivity contribution < 1.29 is 14.6 Å². The molecule has 3 heteroatoms. The monoisotopic (exact) mass is 250 g/mol. The lowest BCUT2D eigenvalue weighted by Crippen LogP contribution is -2.58. The number of ether oxygens (including phenoxy) is 1. The van der Waals surface area contributed by atoms with Crippen LogP contribution in [-0.4, -0.2) is 16.7 Å².